The van der Waals surface area contributed by atoms with E-state index in [1.165, 1.54) is 39.5 Å². The average Bonchev–Trinajstić information content (AvgIpc) is 3.12. The summed E-state index contributed by atoms with van der Waals surface area (Å²) in [6.45, 7) is 9.15. The van der Waals surface area contributed by atoms with Crippen molar-refractivity contribution in [3.05, 3.63) is 117 Å². The number of halogens is 2. The molecule has 2 heterocycles. The average molecular weight is 504 g/mol. The van der Waals surface area contributed by atoms with Gasteiger partial charge in [-0.3, -0.25) is 0 Å². The van der Waals surface area contributed by atoms with Crippen molar-refractivity contribution in [1.29, 1.82) is 0 Å². The van der Waals surface area contributed by atoms with Crippen molar-refractivity contribution in [3.8, 4) is 0 Å². The topological polar surface area (TPSA) is 6.48 Å². The molecule has 2 aliphatic heterocycles. The number of nitrogens with zero attached hydrogens (tertiary/aromatic N) is 2. The van der Waals surface area contributed by atoms with Crippen LogP contribution < -0.4 is 9.80 Å². The van der Waals surface area contributed by atoms with Gasteiger partial charge in [0.2, 0.25) is 0 Å². The molecule has 0 aromatic heterocycles. The van der Waals surface area contributed by atoms with Gasteiger partial charge in [-0.05, 0) is 53.1 Å². The lowest BCUT2D eigenvalue weighted by Crippen LogP contribution is -2.25. The number of hydrogen-bond donors (Lipinski definition) is 0. The van der Waals surface area contributed by atoms with Gasteiger partial charge in [-0.1, -0.05) is 93.4 Å². The van der Waals surface area contributed by atoms with Gasteiger partial charge in [0.25, 0.3) is 0 Å². The Kier molecular flexibility index (Phi) is 5.81. The van der Waals surface area contributed by atoms with Crippen LogP contribution in [-0.2, 0) is 10.8 Å². The molecular formula is C31H32Cl2N2. The predicted molar refractivity (Wildman–Crippen MR) is 151 cm³/mol. The highest BCUT2D eigenvalue weighted by molar-refractivity contribution is 6.31. The molecule has 0 aliphatic carbocycles. The summed E-state index contributed by atoms with van der Waals surface area (Å²) in [5.41, 5.74) is 8.46. The molecule has 0 unspecified atom stereocenters. The fraction of sp³-hybridized carbons (Fsp3) is 0.290. The summed E-state index contributed by atoms with van der Waals surface area (Å²) in [6.07, 6.45) is 4.85. The lowest BCUT2D eigenvalue weighted by atomic mass is 9.80. The van der Waals surface area contributed by atoms with Crippen molar-refractivity contribution >= 4 is 34.6 Å². The summed E-state index contributed by atoms with van der Waals surface area (Å²) in [5.74, 6) is 0.0965. The van der Waals surface area contributed by atoms with Gasteiger partial charge in [0.15, 0.2) is 0 Å². The molecule has 2 nitrogen and oxygen atoms in total. The van der Waals surface area contributed by atoms with E-state index in [1.807, 2.05) is 12.1 Å². The third-order valence-electron chi connectivity index (χ3n) is 7.85. The third-order valence-corrected chi connectivity index (χ3v) is 8.32. The highest BCUT2D eigenvalue weighted by atomic mass is 35.5. The van der Waals surface area contributed by atoms with E-state index in [2.05, 4.69) is 118 Å². The minimum absolute atomic E-state index is 0.0965. The molecule has 3 aromatic carbocycles. The molecule has 0 saturated heterocycles. The minimum atomic E-state index is -0.159. The molecule has 0 bridgehead atoms. The van der Waals surface area contributed by atoms with E-state index in [0.29, 0.717) is 0 Å². The molecular weight excluding hydrogens is 471 g/mol. The van der Waals surface area contributed by atoms with Crippen LogP contribution in [0.4, 0.5) is 11.4 Å². The molecule has 2 aliphatic rings. The van der Waals surface area contributed by atoms with Crippen molar-refractivity contribution in [3.63, 3.8) is 0 Å². The molecule has 0 amide bonds. The van der Waals surface area contributed by atoms with Crippen LogP contribution in [0.25, 0.3) is 0 Å². The van der Waals surface area contributed by atoms with Crippen molar-refractivity contribution in [2.75, 3.05) is 23.9 Å². The fourth-order valence-electron chi connectivity index (χ4n) is 5.87. The van der Waals surface area contributed by atoms with Crippen molar-refractivity contribution in [1.82, 2.24) is 0 Å². The normalized spacial score (nSPS) is 20.1. The highest BCUT2D eigenvalue weighted by Gasteiger charge is 2.41. The number of fused-ring (bicyclic) bond motifs is 2. The smallest absolute Gasteiger partial charge is 0.0448 e. The Morgan fingerprint density at radius 2 is 1.09 bits per heavy atom. The number of allylic oxidation sites excluding steroid dienone is 4. The van der Waals surface area contributed by atoms with E-state index in [9.17, 15) is 0 Å². The van der Waals surface area contributed by atoms with E-state index in [0.717, 1.165) is 10.0 Å². The monoisotopic (exact) mass is 502 g/mol. The summed E-state index contributed by atoms with van der Waals surface area (Å²) in [5, 5.41) is 1.55. The molecule has 0 atom stereocenters. The maximum atomic E-state index is 6.40. The van der Waals surface area contributed by atoms with Gasteiger partial charge >= 0.3 is 0 Å². The van der Waals surface area contributed by atoms with E-state index in [4.69, 9.17) is 23.2 Å². The second-order valence-electron chi connectivity index (χ2n) is 10.7. The number of benzene rings is 3. The quantitative estimate of drug-likeness (QED) is 0.353. The molecule has 35 heavy (non-hydrogen) atoms. The van der Waals surface area contributed by atoms with Gasteiger partial charge in [-0.2, -0.15) is 0 Å². The Morgan fingerprint density at radius 1 is 0.657 bits per heavy atom. The lowest BCUT2D eigenvalue weighted by molar-refractivity contribution is 0.627. The summed E-state index contributed by atoms with van der Waals surface area (Å²) >= 11 is 12.8. The van der Waals surface area contributed by atoms with Gasteiger partial charge in [-0.15, -0.1) is 0 Å². The Bertz CT molecular complexity index is 1270. The van der Waals surface area contributed by atoms with Crippen LogP contribution in [0.3, 0.4) is 0 Å². The van der Waals surface area contributed by atoms with Gasteiger partial charge < -0.3 is 9.80 Å². The maximum absolute atomic E-state index is 6.40. The zero-order valence-corrected chi connectivity index (χ0v) is 22.7. The predicted octanol–water partition coefficient (Wildman–Crippen LogP) is 8.70. The van der Waals surface area contributed by atoms with E-state index in [1.54, 1.807) is 0 Å². The number of likely N-dealkylation sites (N-methyl/N-ethyl adjacent to an activating group) is 2. The molecule has 0 spiro atoms. The Morgan fingerprint density at radius 3 is 1.51 bits per heavy atom. The zero-order chi connectivity index (χ0) is 25.1. The molecule has 0 fully saturated rings. The molecule has 180 valence electrons. The molecule has 4 heteroatoms. The Balaban J connectivity index is 1.66. The number of rotatable bonds is 3. The van der Waals surface area contributed by atoms with Crippen LogP contribution in [0.1, 0.15) is 50.3 Å². The van der Waals surface area contributed by atoms with Crippen molar-refractivity contribution in [2.24, 2.45) is 0 Å². The highest BCUT2D eigenvalue weighted by Crippen LogP contribution is 2.51. The maximum Gasteiger partial charge on any atom is 0.0448 e. The molecule has 5 rings (SSSR count). The van der Waals surface area contributed by atoms with Crippen LogP contribution in [0, 0.1) is 0 Å². The second kappa shape index (κ2) is 8.47. The third kappa shape index (κ3) is 3.88. The molecule has 0 N–H and O–H groups in total. The van der Waals surface area contributed by atoms with Crippen LogP contribution in [-0.4, -0.2) is 14.1 Å². The second-order valence-corrected chi connectivity index (χ2v) is 11.6. The first-order chi connectivity index (χ1) is 16.5. The summed E-state index contributed by atoms with van der Waals surface area (Å²) in [6, 6.07) is 23.2. The van der Waals surface area contributed by atoms with E-state index >= 15 is 0 Å². The van der Waals surface area contributed by atoms with Crippen molar-refractivity contribution < 1.29 is 0 Å². The van der Waals surface area contributed by atoms with Crippen LogP contribution in [0.15, 0.2) is 90.3 Å². The van der Waals surface area contributed by atoms with E-state index in [-0.39, 0.29) is 16.7 Å². The standard InChI is InChI=1S/C31H32Cl2N2/c1-30(2)24-18-22(32)12-14-26(24)34(5)28(30)16-21(20-10-8-7-9-11-20)17-29-31(3,4)25-19-23(33)13-15-27(25)35(29)6/h7-19,21H,1-6H3/b28-16-,29-17-. The van der Waals surface area contributed by atoms with Gasteiger partial charge in [0, 0.05) is 63.7 Å². The Labute approximate surface area is 219 Å². The SMILES string of the molecule is CN1/C(=C\C(/C=C2\N(C)c3ccc(Cl)cc3C2(C)C)c2ccccc2)C(C)(C)c2cc(Cl)ccc21. The van der Waals surface area contributed by atoms with Crippen LogP contribution in [0.5, 0.6) is 0 Å². The van der Waals surface area contributed by atoms with Gasteiger partial charge in [0.05, 0.1) is 0 Å². The number of anilines is 2. The van der Waals surface area contributed by atoms with E-state index < -0.39 is 0 Å². The van der Waals surface area contributed by atoms with Crippen molar-refractivity contribution in [2.45, 2.75) is 44.4 Å². The summed E-state index contributed by atoms with van der Waals surface area (Å²) < 4.78 is 0. The zero-order valence-electron chi connectivity index (χ0n) is 21.2. The largest absolute Gasteiger partial charge is 0.347 e. The first-order valence-corrected chi connectivity index (χ1v) is 12.8. The van der Waals surface area contributed by atoms with Crippen LogP contribution in [0.2, 0.25) is 10.0 Å². The first kappa shape index (κ1) is 24.0. The summed E-state index contributed by atoms with van der Waals surface area (Å²) in [7, 11) is 4.32. The Hall–Kier alpha value is -2.68. The minimum Gasteiger partial charge on any atom is -0.347 e. The van der Waals surface area contributed by atoms with Gasteiger partial charge in [0.1, 0.15) is 0 Å². The molecule has 3 aromatic rings. The summed E-state index contributed by atoms with van der Waals surface area (Å²) in [4.78, 5) is 4.64. The number of hydrogen-bond acceptors (Lipinski definition) is 2. The first-order valence-electron chi connectivity index (χ1n) is 12.1. The lowest BCUT2D eigenvalue weighted by Gasteiger charge is -2.28. The van der Waals surface area contributed by atoms with Gasteiger partial charge in [-0.25, -0.2) is 0 Å². The molecule has 0 saturated carbocycles. The molecule has 0 radical (unpaired) electrons. The van der Waals surface area contributed by atoms with Crippen LogP contribution >= 0.6 is 23.2 Å². The fourth-order valence-corrected chi connectivity index (χ4v) is 6.22.